The molecule has 1 heterocycles. The molecule has 0 saturated carbocycles. The van der Waals surface area contributed by atoms with Gasteiger partial charge in [-0.15, -0.1) is 0 Å². The van der Waals surface area contributed by atoms with E-state index in [9.17, 15) is 4.79 Å². The van der Waals surface area contributed by atoms with E-state index in [-0.39, 0.29) is 11.3 Å². The van der Waals surface area contributed by atoms with Crippen LogP contribution in [-0.2, 0) is 14.3 Å². The van der Waals surface area contributed by atoms with Crippen LogP contribution in [0.25, 0.3) is 0 Å². The lowest BCUT2D eigenvalue weighted by Gasteiger charge is -2.33. The van der Waals surface area contributed by atoms with E-state index in [0.29, 0.717) is 5.76 Å². The maximum absolute atomic E-state index is 11.8. The number of allylic oxidation sites excluding steroid dienone is 1. The van der Waals surface area contributed by atoms with Gasteiger partial charge in [0.15, 0.2) is 5.76 Å². The van der Waals surface area contributed by atoms with Crippen LogP contribution in [0, 0.1) is 10.8 Å². The number of hydrogen-bond acceptors (Lipinski definition) is 3. The maximum atomic E-state index is 11.8. The first-order chi connectivity index (χ1) is 8.71. The third-order valence-electron chi connectivity index (χ3n) is 3.97. The van der Waals surface area contributed by atoms with Crippen LogP contribution in [0.1, 0.15) is 34.1 Å². The molecule has 0 aromatic rings. The van der Waals surface area contributed by atoms with E-state index in [0.717, 1.165) is 23.1 Å². The van der Waals surface area contributed by atoms with Gasteiger partial charge in [-0.1, -0.05) is 13.8 Å². The summed E-state index contributed by atoms with van der Waals surface area (Å²) in [6.07, 6.45) is 4.11. The number of hydrogen-bond donors (Lipinski definition) is 1. The molecule has 0 unspecified atom stereocenters. The molecule has 1 aliphatic heterocycles. The van der Waals surface area contributed by atoms with Crippen LogP contribution < -0.4 is 5.73 Å². The van der Waals surface area contributed by atoms with Crippen molar-refractivity contribution in [2.45, 2.75) is 34.1 Å². The van der Waals surface area contributed by atoms with E-state index in [1.807, 2.05) is 13.8 Å². The van der Waals surface area contributed by atoms with Gasteiger partial charge in [-0.3, -0.25) is 4.79 Å². The Morgan fingerprint density at radius 2 is 2.05 bits per heavy atom. The van der Waals surface area contributed by atoms with Crippen LogP contribution >= 0.6 is 0 Å². The van der Waals surface area contributed by atoms with Crippen molar-refractivity contribution in [1.82, 2.24) is 0 Å². The predicted molar refractivity (Wildman–Crippen MR) is 72.7 cm³/mol. The fraction of sp³-hybridized carbons (Fsp3) is 0.533. The highest BCUT2D eigenvalue weighted by atomic mass is 16.5. The molecule has 0 radical (unpaired) electrons. The Labute approximate surface area is 113 Å². The Bertz CT molecular complexity index is 522. The molecule has 0 aromatic carbocycles. The molecule has 0 atom stereocenters. The number of nitrogens with two attached hydrogens (primary N) is 1. The van der Waals surface area contributed by atoms with Crippen molar-refractivity contribution in [2.75, 3.05) is 7.11 Å². The molecule has 0 bridgehead atoms. The number of amides is 1. The maximum Gasteiger partial charge on any atom is 0.227 e. The fourth-order valence-corrected chi connectivity index (χ4v) is 3.20. The van der Waals surface area contributed by atoms with Crippen molar-refractivity contribution >= 4 is 5.91 Å². The molecule has 19 heavy (non-hydrogen) atoms. The fourth-order valence-electron chi connectivity index (χ4n) is 3.20. The van der Waals surface area contributed by atoms with Crippen LogP contribution in [0.5, 0.6) is 0 Å². The summed E-state index contributed by atoms with van der Waals surface area (Å²) in [5.74, 6) is 0.332. The molecule has 4 heteroatoms. The van der Waals surface area contributed by atoms with E-state index >= 15 is 0 Å². The van der Waals surface area contributed by atoms with Crippen molar-refractivity contribution in [2.24, 2.45) is 16.6 Å². The average Bonchev–Trinajstić information content (AvgIpc) is 2.58. The number of carbonyl (C=O) groups excluding carboxylic acids is 1. The first-order valence-electron chi connectivity index (χ1n) is 6.36. The number of rotatable bonds is 3. The van der Waals surface area contributed by atoms with E-state index in [4.69, 9.17) is 15.2 Å². The van der Waals surface area contributed by atoms with Crippen molar-refractivity contribution in [1.29, 1.82) is 0 Å². The van der Waals surface area contributed by atoms with Gasteiger partial charge >= 0.3 is 0 Å². The summed E-state index contributed by atoms with van der Waals surface area (Å²) in [5.41, 5.74) is 7.79. The lowest BCUT2D eigenvalue weighted by atomic mass is 9.70. The summed E-state index contributed by atoms with van der Waals surface area (Å²) >= 11 is 0. The Balaban J connectivity index is 2.70. The summed E-state index contributed by atoms with van der Waals surface area (Å²) < 4.78 is 10.7. The van der Waals surface area contributed by atoms with Crippen molar-refractivity contribution in [3.8, 4) is 0 Å². The van der Waals surface area contributed by atoms with E-state index in [2.05, 4.69) is 13.8 Å². The largest absolute Gasteiger partial charge is 0.493 e. The molecule has 4 nitrogen and oxygen atoms in total. The second-order valence-corrected chi connectivity index (χ2v) is 6.27. The van der Waals surface area contributed by atoms with Crippen molar-refractivity contribution in [3.05, 3.63) is 35.0 Å². The average molecular weight is 263 g/mol. The van der Waals surface area contributed by atoms with Crippen LogP contribution in [0.15, 0.2) is 35.0 Å². The summed E-state index contributed by atoms with van der Waals surface area (Å²) in [6.45, 7) is 7.97. The zero-order valence-corrected chi connectivity index (χ0v) is 12.2. The molecular formula is C15H21NO3. The molecule has 1 aliphatic carbocycles. The van der Waals surface area contributed by atoms with Crippen molar-refractivity contribution < 1.29 is 14.3 Å². The molecule has 2 aliphatic rings. The third-order valence-corrected chi connectivity index (χ3v) is 3.97. The van der Waals surface area contributed by atoms with E-state index in [1.54, 1.807) is 19.6 Å². The van der Waals surface area contributed by atoms with Gasteiger partial charge in [-0.05, 0) is 36.8 Å². The predicted octanol–water partition coefficient (Wildman–Crippen LogP) is 2.63. The Morgan fingerprint density at radius 3 is 2.58 bits per heavy atom. The zero-order valence-electron chi connectivity index (χ0n) is 12.2. The number of carbonyl (C=O) groups is 1. The number of fused-ring (bicyclic) bond motifs is 1. The minimum absolute atomic E-state index is 0.148. The molecule has 2 rings (SSSR count). The summed E-state index contributed by atoms with van der Waals surface area (Å²) in [6, 6.07) is 0. The lowest BCUT2D eigenvalue weighted by molar-refractivity contribution is -0.124. The molecule has 0 spiro atoms. The van der Waals surface area contributed by atoms with Gasteiger partial charge in [0, 0.05) is 5.57 Å². The van der Waals surface area contributed by atoms with Gasteiger partial charge in [0.05, 0.1) is 18.8 Å². The Hall–Kier alpha value is -1.71. The van der Waals surface area contributed by atoms with Crippen LogP contribution in [0.3, 0.4) is 0 Å². The highest BCUT2D eigenvalue weighted by Crippen LogP contribution is 2.55. The topological polar surface area (TPSA) is 61.6 Å². The van der Waals surface area contributed by atoms with Crippen LogP contribution in [-0.4, -0.2) is 13.0 Å². The number of ether oxygens (including phenoxy) is 2. The van der Waals surface area contributed by atoms with Crippen LogP contribution in [0.2, 0.25) is 0 Å². The number of methoxy groups -OCH3 is 1. The highest BCUT2D eigenvalue weighted by molar-refractivity contribution is 5.85. The van der Waals surface area contributed by atoms with Gasteiger partial charge < -0.3 is 15.2 Å². The first-order valence-corrected chi connectivity index (χ1v) is 6.36. The minimum atomic E-state index is -0.719. The zero-order chi connectivity index (χ0) is 14.4. The third kappa shape index (κ3) is 1.95. The van der Waals surface area contributed by atoms with Crippen molar-refractivity contribution in [3.63, 3.8) is 0 Å². The van der Waals surface area contributed by atoms with Gasteiger partial charge in [-0.25, -0.2) is 0 Å². The standard InChI is InChI=1S/C15H21NO3/c1-14(2)6-9-7-19-8-10(18-5)11(9)12(14)15(3,4)13(16)17/h7-8H,6H2,1-5H3,(H2,16,17). The second kappa shape index (κ2) is 4.15. The quantitative estimate of drug-likeness (QED) is 0.851. The van der Waals surface area contributed by atoms with E-state index < -0.39 is 5.41 Å². The van der Waals surface area contributed by atoms with E-state index in [1.165, 1.54) is 0 Å². The minimum Gasteiger partial charge on any atom is -0.493 e. The molecular weight excluding hydrogens is 242 g/mol. The molecule has 0 fully saturated rings. The number of primary amides is 1. The lowest BCUT2D eigenvalue weighted by Crippen LogP contribution is -2.37. The first kappa shape index (κ1) is 13.7. The molecule has 2 N–H and O–H groups in total. The summed E-state index contributed by atoms with van der Waals surface area (Å²) in [4.78, 5) is 11.8. The molecule has 1 amide bonds. The van der Waals surface area contributed by atoms with Crippen LogP contribution in [0.4, 0.5) is 0 Å². The Morgan fingerprint density at radius 1 is 1.42 bits per heavy atom. The smallest absolute Gasteiger partial charge is 0.227 e. The monoisotopic (exact) mass is 263 g/mol. The molecule has 0 saturated heterocycles. The van der Waals surface area contributed by atoms with Gasteiger partial charge in [0.25, 0.3) is 0 Å². The normalized spacial score (nSPS) is 21.3. The Kier molecular flexibility index (Phi) is 3.00. The summed E-state index contributed by atoms with van der Waals surface area (Å²) in [7, 11) is 1.60. The second-order valence-electron chi connectivity index (χ2n) is 6.27. The van der Waals surface area contributed by atoms with Gasteiger partial charge in [0.1, 0.15) is 6.26 Å². The molecule has 0 aromatic heterocycles. The molecule has 104 valence electrons. The summed E-state index contributed by atoms with van der Waals surface area (Å²) in [5, 5.41) is 0. The van der Waals surface area contributed by atoms with Gasteiger partial charge in [-0.2, -0.15) is 0 Å². The SMILES string of the molecule is COC1=COC=C2CC(C)(C)C(C(C)(C)C(N)=O)=C21. The highest BCUT2D eigenvalue weighted by Gasteiger charge is 2.47. The van der Waals surface area contributed by atoms with Gasteiger partial charge in [0.2, 0.25) is 5.91 Å².